The van der Waals surface area contributed by atoms with Crippen molar-refractivity contribution >= 4 is 23.0 Å². The van der Waals surface area contributed by atoms with Crippen LogP contribution in [0.3, 0.4) is 0 Å². The van der Waals surface area contributed by atoms with Crippen LogP contribution in [0.15, 0.2) is 12.1 Å². The number of halogens is 2. The van der Waals surface area contributed by atoms with Crippen LogP contribution in [0.1, 0.15) is 39.0 Å². The molecule has 0 amide bonds. The van der Waals surface area contributed by atoms with Gasteiger partial charge in [0.2, 0.25) is 0 Å². The number of hydrogen-bond acceptors (Lipinski definition) is 2. The number of nitrogens with two attached hydrogens (primary N) is 1. The van der Waals surface area contributed by atoms with Gasteiger partial charge in [-0.1, -0.05) is 31.4 Å². The van der Waals surface area contributed by atoms with Gasteiger partial charge in [-0.25, -0.2) is 4.39 Å². The van der Waals surface area contributed by atoms with E-state index in [1.165, 1.54) is 31.4 Å². The van der Waals surface area contributed by atoms with Crippen LogP contribution in [0.25, 0.3) is 0 Å². The van der Waals surface area contributed by atoms with Crippen LogP contribution < -0.4 is 10.6 Å². The van der Waals surface area contributed by atoms with Crippen molar-refractivity contribution in [1.29, 1.82) is 0 Å². The summed E-state index contributed by atoms with van der Waals surface area (Å²) < 4.78 is 13.6. The fraction of sp³-hybridized carbons (Fsp3) is 0.600. The fourth-order valence-electron chi connectivity index (χ4n) is 2.93. The number of rotatable bonds is 3. The zero-order valence-corrected chi connectivity index (χ0v) is 12.2. The third-order valence-corrected chi connectivity index (χ3v) is 4.24. The van der Waals surface area contributed by atoms with E-state index in [-0.39, 0.29) is 10.8 Å². The molecule has 0 aliphatic carbocycles. The summed E-state index contributed by atoms with van der Waals surface area (Å²) in [4.78, 5) is 2.20. The molecule has 106 valence electrons. The minimum absolute atomic E-state index is 0.0972. The normalized spacial score (nSPS) is 20.4. The molecule has 19 heavy (non-hydrogen) atoms. The van der Waals surface area contributed by atoms with E-state index in [2.05, 4.69) is 11.8 Å². The Morgan fingerprint density at radius 1 is 1.37 bits per heavy atom. The molecule has 1 aromatic carbocycles. The molecule has 1 heterocycles. The van der Waals surface area contributed by atoms with E-state index in [1.54, 1.807) is 0 Å². The van der Waals surface area contributed by atoms with Gasteiger partial charge in [-0.05, 0) is 31.2 Å². The van der Waals surface area contributed by atoms with E-state index < -0.39 is 0 Å². The van der Waals surface area contributed by atoms with E-state index >= 15 is 0 Å². The Labute approximate surface area is 119 Å². The van der Waals surface area contributed by atoms with Crippen molar-refractivity contribution < 1.29 is 4.39 Å². The van der Waals surface area contributed by atoms with Crippen LogP contribution in [-0.4, -0.2) is 13.1 Å². The standard InChI is InChI=1S/C15H22ClFN2/c1-2-4-11-5-3-7-19(8-6-11)15-10-13(17)12(16)9-14(15)18/h9-11H,2-8,18H2,1H3. The van der Waals surface area contributed by atoms with E-state index in [9.17, 15) is 4.39 Å². The minimum atomic E-state index is -0.389. The zero-order chi connectivity index (χ0) is 13.8. The van der Waals surface area contributed by atoms with E-state index in [4.69, 9.17) is 17.3 Å². The van der Waals surface area contributed by atoms with Crippen molar-refractivity contribution in [3.8, 4) is 0 Å². The third-order valence-electron chi connectivity index (χ3n) is 3.95. The second-order valence-corrected chi connectivity index (χ2v) is 5.80. The lowest BCUT2D eigenvalue weighted by Crippen LogP contribution is -2.25. The Hall–Kier alpha value is -0.960. The quantitative estimate of drug-likeness (QED) is 0.830. The van der Waals surface area contributed by atoms with Gasteiger partial charge in [-0.2, -0.15) is 0 Å². The Balaban J connectivity index is 2.12. The average molecular weight is 285 g/mol. The predicted molar refractivity (Wildman–Crippen MR) is 80.3 cm³/mol. The Morgan fingerprint density at radius 2 is 2.16 bits per heavy atom. The molecule has 0 bridgehead atoms. The smallest absolute Gasteiger partial charge is 0.144 e. The first-order chi connectivity index (χ1) is 9.11. The van der Waals surface area contributed by atoms with Crippen LogP contribution in [0.5, 0.6) is 0 Å². The maximum absolute atomic E-state index is 13.6. The molecule has 1 aromatic rings. The first-order valence-corrected chi connectivity index (χ1v) is 7.49. The molecule has 1 atom stereocenters. The number of anilines is 2. The maximum Gasteiger partial charge on any atom is 0.144 e. The molecule has 2 nitrogen and oxygen atoms in total. The number of hydrogen-bond donors (Lipinski definition) is 1. The van der Waals surface area contributed by atoms with Crippen molar-refractivity contribution in [2.24, 2.45) is 5.92 Å². The summed E-state index contributed by atoms with van der Waals surface area (Å²) in [5.74, 6) is 0.411. The Morgan fingerprint density at radius 3 is 2.89 bits per heavy atom. The van der Waals surface area contributed by atoms with Crippen LogP contribution in [0.4, 0.5) is 15.8 Å². The molecule has 1 saturated heterocycles. The monoisotopic (exact) mass is 284 g/mol. The topological polar surface area (TPSA) is 29.3 Å². The molecule has 0 spiro atoms. The lowest BCUT2D eigenvalue weighted by Gasteiger charge is -2.24. The summed E-state index contributed by atoms with van der Waals surface area (Å²) >= 11 is 5.75. The third kappa shape index (κ3) is 3.53. The summed E-state index contributed by atoms with van der Waals surface area (Å²) in [6.07, 6.45) is 6.10. The molecule has 1 fully saturated rings. The molecule has 1 unspecified atom stereocenters. The van der Waals surface area contributed by atoms with E-state index in [1.807, 2.05) is 0 Å². The van der Waals surface area contributed by atoms with Gasteiger partial charge in [0.15, 0.2) is 0 Å². The molecule has 4 heteroatoms. The van der Waals surface area contributed by atoms with E-state index in [0.29, 0.717) is 5.69 Å². The number of benzene rings is 1. The lowest BCUT2D eigenvalue weighted by molar-refractivity contribution is 0.435. The summed E-state index contributed by atoms with van der Waals surface area (Å²) in [6.45, 7) is 4.14. The molecule has 0 saturated carbocycles. The summed E-state index contributed by atoms with van der Waals surface area (Å²) in [5, 5.41) is 0.0972. The van der Waals surface area contributed by atoms with Crippen molar-refractivity contribution in [3.63, 3.8) is 0 Å². The van der Waals surface area contributed by atoms with Crippen molar-refractivity contribution in [2.75, 3.05) is 23.7 Å². The first kappa shape index (κ1) is 14.4. The fourth-order valence-corrected chi connectivity index (χ4v) is 3.10. The molecular formula is C15H22ClFN2. The van der Waals surface area contributed by atoms with Crippen molar-refractivity contribution in [2.45, 2.75) is 39.0 Å². The summed E-state index contributed by atoms with van der Waals surface area (Å²) in [7, 11) is 0. The molecule has 1 aliphatic heterocycles. The zero-order valence-electron chi connectivity index (χ0n) is 11.5. The Kier molecular flexibility index (Phi) is 4.92. The summed E-state index contributed by atoms with van der Waals surface area (Å²) in [5.41, 5.74) is 7.33. The van der Waals surface area contributed by atoms with Crippen molar-refractivity contribution in [1.82, 2.24) is 0 Å². The highest BCUT2D eigenvalue weighted by Crippen LogP contribution is 2.32. The van der Waals surface area contributed by atoms with Crippen LogP contribution in [-0.2, 0) is 0 Å². The van der Waals surface area contributed by atoms with Crippen LogP contribution in [0, 0.1) is 11.7 Å². The SMILES string of the molecule is CCCC1CCCN(c2cc(F)c(Cl)cc2N)CC1. The largest absolute Gasteiger partial charge is 0.397 e. The molecular weight excluding hydrogens is 263 g/mol. The second kappa shape index (κ2) is 6.47. The molecule has 0 aromatic heterocycles. The van der Waals surface area contributed by atoms with Gasteiger partial charge in [0, 0.05) is 19.2 Å². The van der Waals surface area contributed by atoms with Crippen LogP contribution in [0.2, 0.25) is 5.02 Å². The maximum atomic E-state index is 13.6. The molecule has 2 N–H and O–H groups in total. The Bertz CT molecular complexity index is 436. The van der Waals surface area contributed by atoms with Crippen molar-refractivity contribution in [3.05, 3.63) is 23.0 Å². The van der Waals surface area contributed by atoms with Crippen LogP contribution >= 0.6 is 11.6 Å². The highest BCUT2D eigenvalue weighted by molar-refractivity contribution is 6.31. The van der Waals surface area contributed by atoms with Gasteiger partial charge in [0.25, 0.3) is 0 Å². The average Bonchev–Trinajstić information content (AvgIpc) is 2.60. The highest BCUT2D eigenvalue weighted by atomic mass is 35.5. The molecule has 1 aliphatic rings. The number of nitrogen functional groups attached to an aromatic ring is 1. The number of nitrogens with zero attached hydrogens (tertiary/aromatic N) is 1. The van der Waals surface area contributed by atoms with E-state index in [0.717, 1.165) is 37.5 Å². The van der Waals surface area contributed by atoms with Gasteiger partial charge in [0.05, 0.1) is 16.4 Å². The highest BCUT2D eigenvalue weighted by Gasteiger charge is 2.19. The molecule has 2 rings (SSSR count). The minimum Gasteiger partial charge on any atom is -0.397 e. The first-order valence-electron chi connectivity index (χ1n) is 7.11. The van der Waals surface area contributed by atoms with Gasteiger partial charge in [0.1, 0.15) is 5.82 Å². The van der Waals surface area contributed by atoms with Gasteiger partial charge in [-0.15, -0.1) is 0 Å². The summed E-state index contributed by atoms with van der Waals surface area (Å²) in [6, 6.07) is 2.98. The lowest BCUT2D eigenvalue weighted by atomic mass is 9.96. The van der Waals surface area contributed by atoms with Gasteiger partial charge < -0.3 is 10.6 Å². The molecule has 0 radical (unpaired) electrons. The van der Waals surface area contributed by atoms with Gasteiger partial charge >= 0.3 is 0 Å². The second-order valence-electron chi connectivity index (χ2n) is 5.40. The van der Waals surface area contributed by atoms with Gasteiger partial charge in [-0.3, -0.25) is 0 Å². The predicted octanol–water partition coefficient (Wildman–Crippen LogP) is 4.47.